The number of amides is 1. The van der Waals surface area contributed by atoms with Gasteiger partial charge in [-0.3, -0.25) is 4.79 Å². The number of hydrogen-bond acceptors (Lipinski definition) is 4. The number of benzene rings is 1. The Labute approximate surface area is 136 Å². The maximum absolute atomic E-state index is 12.1. The standard InChI is InChI=1S/C14H21ClN2O4S/c1-10(2)21-8-4-7-16-22(19,20)12-5-6-14(13(15)9-12)17-11(3)18/h5-6,9-10,16H,4,7-8H2,1-3H3,(H,17,18). The second kappa shape index (κ2) is 8.47. The van der Waals surface area contributed by atoms with E-state index in [2.05, 4.69) is 10.0 Å². The van der Waals surface area contributed by atoms with E-state index in [9.17, 15) is 13.2 Å². The molecule has 0 spiro atoms. The number of carbonyl (C=O) groups is 1. The molecule has 0 saturated carbocycles. The highest BCUT2D eigenvalue weighted by Crippen LogP contribution is 2.25. The molecule has 0 fully saturated rings. The highest BCUT2D eigenvalue weighted by Gasteiger charge is 2.15. The molecule has 0 atom stereocenters. The second-order valence-electron chi connectivity index (χ2n) is 4.99. The van der Waals surface area contributed by atoms with Gasteiger partial charge in [-0.25, -0.2) is 13.1 Å². The maximum atomic E-state index is 12.1. The molecule has 1 rings (SSSR count). The summed E-state index contributed by atoms with van der Waals surface area (Å²) in [5.41, 5.74) is 0.374. The van der Waals surface area contributed by atoms with Gasteiger partial charge in [0.15, 0.2) is 0 Å². The van der Waals surface area contributed by atoms with Gasteiger partial charge in [0.2, 0.25) is 15.9 Å². The fraction of sp³-hybridized carbons (Fsp3) is 0.500. The van der Waals surface area contributed by atoms with E-state index < -0.39 is 10.0 Å². The second-order valence-corrected chi connectivity index (χ2v) is 7.17. The van der Waals surface area contributed by atoms with Crippen LogP contribution in [-0.2, 0) is 19.6 Å². The van der Waals surface area contributed by atoms with Crippen molar-refractivity contribution in [1.29, 1.82) is 0 Å². The molecule has 0 aromatic heterocycles. The predicted octanol–water partition coefficient (Wildman–Crippen LogP) is 2.39. The number of ether oxygens (including phenoxy) is 1. The minimum Gasteiger partial charge on any atom is -0.379 e. The summed E-state index contributed by atoms with van der Waals surface area (Å²) < 4.78 is 32.1. The number of rotatable bonds is 8. The van der Waals surface area contributed by atoms with Gasteiger partial charge in [0.1, 0.15) is 0 Å². The highest BCUT2D eigenvalue weighted by atomic mass is 35.5. The lowest BCUT2D eigenvalue weighted by Gasteiger charge is -2.10. The van der Waals surface area contributed by atoms with Crippen LogP contribution in [0, 0.1) is 0 Å². The number of halogens is 1. The average molecular weight is 349 g/mol. The first-order valence-corrected chi connectivity index (χ1v) is 8.77. The Morgan fingerprint density at radius 2 is 2.05 bits per heavy atom. The SMILES string of the molecule is CC(=O)Nc1ccc(S(=O)(=O)NCCCOC(C)C)cc1Cl. The van der Waals surface area contributed by atoms with Crippen molar-refractivity contribution < 1.29 is 17.9 Å². The van der Waals surface area contributed by atoms with Crippen molar-refractivity contribution in [3.05, 3.63) is 23.2 Å². The van der Waals surface area contributed by atoms with E-state index in [1.807, 2.05) is 13.8 Å². The summed E-state index contributed by atoms with van der Waals surface area (Å²) in [6, 6.07) is 4.16. The summed E-state index contributed by atoms with van der Waals surface area (Å²) in [7, 11) is -3.63. The Hall–Kier alpha value is -1.15. The summed E-state index contributed by atoms with van der Waals surface area (Å²) in [5, 5.41) is 2.69. The topological polar surface area (TPSA) is 84.5 Å². The molecule has 0 unspecified atom stereocenters. The molecule has 124 valence electrons. The lowest BCUT2D eigenvalue weighted by Crippen LogP contribution is -2.26. The molecule has 0 saturated heterocycles. The number of hydrogen-bond donors (Lipinski definition) is 2. The van der Waals surface area contributed by atoms with Crippen LogP contribution in [0.2, 0.25) is 5.02 Å². The van der Waals surface area contributed by atoms with Gasteiger partial charge in [-0.15, -0.1) is 0 Å². The molecular formula is C14H21ClN2O4S. The molecule has 0 heterocycles. The molecule has 0 radical (unpaired) electrons. The summed E-state index contributed by atoms with van der Waals surface area (Å²) >= 11 is 5.97. The Morgan fingerprint density at radius 1 is 1.36 bits per heavy atom. The molecule has 1 amide bonds. The van der Waals surface area contributed by atoms with Gasteiger partial charge in [0, 0.05) is 20.1 Å². The lowest BCUT2D eigenvalue weighted by atomic mass is 10.3. The zero-order valence-electron chi connectivity index (χ0n) is 12.8. The molecule has 8 heteroatoms. The molecule has 2 N–H and O–H groups in total. The first-order valence-electron chi connectivity index (χ1n) is 6.91. The van der Waals surface area contributed by atoms with Crippen LogP contribution in [0.1, 0.15) is 27.2 Å². The number of carbonyl (C=O) groups excluding carboxylic acids is 1. The van der Waals surface area contributed by atoms with Crippen molar-refractivity contribution in [1.82, 2.24) is 4.72 Å². The lowest BCUT2D eigenvalue weighted by molar-refractivity contribution is -0.114. The Morgan fingerprint density at radius 3 is 2.59 bits per heavy atom. The van der Waals surface area contributed by atoms with Crippen molar-refractivity contribution in [3.8, 4) is 0 Å². The van der Waals surface area contributed by atoms with Crippen LogP contribution in [0.25, 0.3) is 0 Å². The largest absolute Gasteiger partial charge is 0.379 e. The number of nitrogens with one attached hydrogen (secondary N) is 2. The van der Waals surface area contributed by atoms with E-state index in [0.717, 1.165) is 0 Å². The van der Waals surface area contributed by atoms with Gasteiger partial charge in [-0.2, -0.15) is 0 Å². The molecule has 1 aromatic rings. The Bertz CT molecular complexity index is 617. The van der Waals surface area contributed by atoms with Crippen molar-refractivity contribution in [2.45, 2.75) is 38.2 Å². The molecule has 0 aliphatic heterocycles. The van der Waals surface area contributed by atoms with Crippen LogP contribution in [0.15, 0.2) is 23.1 Å². The van der Waals surface area contributed by atoms with Crippen LogP contribution in [0.3, 0.4) is 0 Å². The quantitative estimate of drug-likeness (QED) is 0.706. The van der Waals surface area contributed by atoms with E-state index in [-0.39, 0.29) is 28.5 Å². The molecule has 22 heavy (non-hydrogen) atoms. The summed E-state index contributed by atoms with van der Waals surface area (Å²) in [6.07, 6.45) is 0.700. The molecular weight excluding hydrogens is 328 g/mol. The van der Waals surface area contributed by atoms with Crippen LogP contribution in [0.4, 0.5) is 5.69 Å². The van der Waals surface area contributed by atoms with Crippen molar-refractivity contribution in [2.75, 3.05) is 18.5 Å². The third-order valence-electron chi connectivity index (χ3n) is 2.63. The fourth-order valence-corrected chi connectivity index (χ4v) is 3.03. The van der Waals surface area contributed by atoms with E-state index in [0.29, 0.717) is 18.7 Å². The van der Waals surface area contributed by atoms with E-state index in [1.165, 1.54) is 25.1 Å². The highest BCUT2D eigenvalue weighted by molar-refractivity contribution is 7.89. The van der Waals surface area contributed by atoms with E-state index in [4.69, 9.17) is 16.3 Å². The van der Waals surface area contributed by atoms with E-state index >= 15 is 0 Å². The van der Waals surface area contributed by atoms with Crippen molar-refractivity contribution >= 4 is 33.2 Å². The van der Waals surface area contributed by atoms with Gasteiger partial charge in [-0.1, -0.05) is 11.6 Å². The van der Waals surface area contributed by atoms with Gasteiger partial charge in [0.05, 0.1) is 21.7 Å². The fourth-order valence-electron chi connectivity index (χ4n) is 1.64. The Kier molecular flexibility index (Phi) is 7.28. The normalized spacial score (nSPS) is 11.7. The average Bonchev–Trinajstić information content (AvgIpc) is 2.39. The van der Waals surface area contributed by atoms with Gasteiger partial charge in [0.25, 0.3) is 0 Å². The van der Waals surface area contributed by atoms with Crippen LogP contribution >= 0.6 is 11.6 Å². The van der Waals surface area contributed by atoms with Gasteiger partial charge < -0.3 is 10.1 Å². The first kappa shape index (κ1) is 18.9. The number of sulfonamides is 1. The Balaban J connectivity index is 2.65. The predicted molar refractivity (Wildman–Crippen MR) is 86.6 cm³/mol. The molecule has 6 nitrogen and oxygen atoms in total. The van der Waals surface area contributed by atoms with Crippen molar-refractivity contribution in [3.63, 3.8) is 0 Å². The summed E-state index contributed by atoms with van der Waals surface area (Å²) in [4.78, 5) is 11.0. The zero-order valence-corrected chi connectivity index (χ0v) is 14.4. The van der Waals surface area contributed by atoms with Gasteiger partial charge in [-0.05, 0) is 38.5 Å². The smallest absolute Gasteiger partial charge is 0.240 e. The minimum absolute atomic E-state index is 0.0522. The van der Waals surface area contributed by atoms with Crippen LogP contribution < -0.4 is 10.0 Å². The summed E-state index contributed by atoms with van der Waals surface area (Å²) in [5.74, 6) is -0.277. The zero-order chi connectivity index (χ0) is 16.8. The van der Waals surface area contributed by atoms with E-state index in [1.54, 1.807) is 0 Å². The van der Waals surface area contributed by atoms with Crippen LogP contribution in [0.5, 0.6) is 0 Å². The molecule has 0 aliphatic rings. The molecule has 0 bridgehead atoms. The maximum Gasteiger partial charge on any atom is 0.240 e. The third-order valence-corrected chi connectivity index (χ3v) is 4.40. The molecule has 1 aromatic carbocycles. The third kappa shape index (κ3) is 6.31. The first-order chi connectivity index (χ1) is 10.2. The molecule has 0 aliphatic carbocycles. The van der Waals surface area contributed by atoms with Crippen molar-refractivity contribution in [2.24, 2.45) is 0 Å². The minimum atomic E-state index is -3.63. The number of anilines is 1. The van der Waals surface area contributed by atoms with Gasteiger partial charge >= 0.3 is 0 Å². The monoisotopic (exact) mass is 348 g/mol. The summed E-state index contributed by atoms with van der Waals surface area (Å²) in [6.45, 7) is 5.95. The van der Waals surface area contributed by atoms with Crippen LogP contribution in [-0.4, -0.2) is 33.6 Å².